The highest BCUT2D eigenvalue weighted by Gasteiger charge is 2.22. The molecule has 0 unspecified atom stereocenters. The van der Waals surface area contributed by atoms with E-state index in [1.54, 1.807) is 6.92 Å². The number of aryl methyl sites for hydroxylation is 1. The molecule has 1 heterocycles. The summed E-state index contributed by atoms with van der Waals surface area (Å²) < 4.78 is 10.9. The van der Waals surface area contributed by atoms with E-state index in [-0.39, 0.29) is 29.3 Å². The van der Waals surface area contributed by atoms with E-state index in [9.17, 15) is 14.7 Å². The Labute approximate surface area is 141 Å². The minimum atomic E-state index is -0.492. The van der Waals surface area contributed by atoms with Gasteiger partial charge in [-0.3, -0.25) is 4.79 Å². The van der Waals surface area contributed by atoms with Crippen LogP contribution < -0.4 is 0 Å². The first-order chi connectivity index (χ1) is 11.4. The Bertz CT molecular complexity index is 758. The van der Waals surface area contributed by atoms with Crippen LogP contribution in [0.15, 0.2) is 16.5 Å². The van der Waals surface area contributed by atoms with Gasteiger partial charge < -0.3 is 19.2 Å². The fourth-order valence-electron chi connectivity index (χ4n) is 2.67. The number of phenolic OH excluding ortho intramolecular Hbond substituents is 1. The lowest BCUT2D eigenvalue weighted by Gasteiger charge is -2.17. The van der Waals surface area contributed by atoms with E-state index in [1.165, 1.54) is 19.1 Å². The topological polar surface area (TPSA) is 80.0 Å². The van der Waals surface area contributed by atoms with Gasteiger partial charge in [-0.25, -0.2) is 4.79 Å². The maximum Gasteiger partial charge on any atom is 0.342 e. The number of benzene rings is 1. The minimum Gasteiger partial charge on any atom is -0.507 e. The number of Topliss-reactive ketones (excluding diaryl/α,β-unsaturated/α-hetero) is 1. The summed E-state index contributed by atoms with van der Waals surface area (Å²) in [7, 11) is 0. The van der Waals surface area contributed by atoms with Gasteiger partial charge in [-0.15, -0.1) is 0 Å². The Morgan fingerprint density at radius 2 is 1.92 bits per heavy atom. The van der Waals surface area contributed by atoms with Crippen molar-refractivity contribution in [3.63, 3.8) is 0 Å². The van der Waals surface area contributed by atoms with Gasteiger partial charge in [-0.2, -0.15) is 0 Å². The molecule has 130 valence electrons. The number of phenols is 1. The van der Waals surface area contributed by atoms with Gasteiger partial charge in [0.2, 0.25) is 0 Å². The Morgan fingerprint density at radius 3 is 2.50 bits per heavy atom. The number of nitrogens with zero attached hydrogens (tertiary/aromatic N) is 1. The molecule has 0 bridgehead atoms. The molecule has 0 saturated heterocycles. The lowest BCUT2D eigenvalue weighted by atomic mass is 10.1. The highest BCUT2D eigenvalue weighted by atomic mass is 16.5. The summed E-state index contributed by atoms with van der Waals surface area (Å²) in [5.41, 5.74) is 0.832. The van der Waals surface area contributed by atoms with E-state index in [1.807, 2.05) is 0 Å². The Morgan fingerprint density at radius 1 is 1.25 bits per heavy atom. The van der Waals surface area contributed by atoms with Gasteiger partial charge in [0.05, 0.1) is 5.56 Å². The SMILES string of the molecule is CCN(CC)CCOC(=O)c1c(C)oc2cc(C(C)=O)c(O)cc12. The average Bonchev–Trinajstić information content (AvgIpc) is 2.85. The summed E-state index contributed by atoms with van der Waals surface area (Å²) >= 11 is 0. The molecule has 6 heteroatoms. The zero-order valence-electron chi connectivity index (χ0n) is 14.5. The number of rotatable bonds is 7. The zero-order chi connectivity index (χ0) is 17.9. The number of carbonyl (C=O) groups is 2. The molecule has 0 saturated carbocycles. The number of hydrogen-bond acceptors (Lipinski definition) is 6. The van der Waals surface area contributed by atoms with Crippen molar-refractivity contribution in [3.8, 4) is 5.75 Å². The average molecular weight is 333 g/mol. The monoisotopic (exact) mass is 333 g/mol. The molecule has 2 rings (SSSR count). The van der Waals surface area contributed by atoms with Crippen molar-refractivity contribution in [2.45, 2.75) is 27.7 Å². The second-order valence-electron chi connectivity index (χ2n) is 5.62. The molecule has 2 aromatic rings. The molecule has 0 aliphatic carbocycles. The number of ether oxygens (including phenoxy) is 1. The van der Waals surface area contributed by atoms with Crippen molar-refractivity contribution in [2.75, 3.05) is 26.2 Å². The van der Waals surface area contributed by atoms with Crippen molar-refractivity contribution >= 4 is 22.7 Å². The second-order valence-corrected chi connectivity index (χ2v) is 5.62. The second kappa shape index (κ2) is 7.49. The largest absolute Gasteiger partial charge is 0.507 e. The molecule has 6 nitrogen and oxygen atoms in total. The molecule has 0 atom stereocenters. The van der Waals surface area contributed by atoms with E-state index in [0.717, 1.165) is 13.1 Å². The van der Waals surface area contributed by atoms with Gasteiger partial charge in [-0.1, -0.05) is 13.8 Å². The van der Waals surface area contributed by atoms with E-state index in [0.29, 0.717) is 23.3 Å². The van der Waals surface area contributed by atoms with Crippen LogP contribution in [0.3, 0.4) is 0 Å². The van der Waals surface area contributed by atoms with E-state index >= 15 is 0 Å². The van der Waals surface area contributed by atoms with Crippen LogP contribution in [0.2, 0.25) is 0 Å². The summed E-state index contributed by atoms with van der Waals surface area (Å²) in [5.74, 6) is -0.536. The van der Waals surface area contributed by atoms with Crippen molar-refractivity contribution in [1.82, 2.24) is 4.90 Å². The first-order valence-corrected chi connectivity index (χ1v) is 8.05. The van der Waals surface area contributed by atoms with Crippen LogP contribution in [0.25, 0.3) is 11.0 Å². The molecule has 0 aliphatic heterocycles. The van der Waals surface area contributed by atoms with Gasteiger partial charge in [0.1, 0.15) is 29.3 Å². The maximum absolute atomic E-state index is 12.4. The smallest absolute Gasteiger partial charge is 0.342 e. The van der Waals surface area contributed by atoms with Gasteiger partial charge in [0.15, 0.2) is 5.78 Å². The molecule has 0 aliphatic rings. The number of hydrogen-bond donors (Lipinski definition) is 1. The van der Waals surface area contributed by atoms with Crippen molar-refractivity contribution < 1.29 is 23.8 Å². The summed E-state index contributed by atoms with van der Waals surface area (Å²) in [4.78, 5) is 26.0. The predicted octanol–water partition coefficient (Wildman–Crippen LogP) is 3.15. The lowest BCUT2D eigenvalue weighted by Crippen LogP contribution is -2.27. The first-order valence-electron chi connectivity index (χ1n) is 8.05. The number of furan rings is 1. The minimum absolute atomic E-state index is 0.165. The molecule has 0 radical (unpaired) electrons. The Kier molecular flexibility index (Phi) is 5.62. The Balaban J connectivity index is 2.25. The summed E-state index contributed by atoms with van der Waals surface area (Å²) in [5, 5.41) is 10.4. The maximum atomic E-state index is 12.4. The quantitative estimate of drug-likeness (QED) is 0.619. The molecule has 0 spiro atoms. The molecule has 1 aromatic carbocycles. The summed E-state index contributed by atoms with van der Waals surface area (Å²) in [6, 6.07) is 2.83. The van der Waals surface area contributed by atoms with E-state index in [4.69, 9.17) is 9.15 Å². The van der Waals surface area contributed by atoms with Crippen molar-refractivity contribution in [1.29, 1.82) is 0 Å². The standard InChI is InChI=1S/C18H23NO5/c1-5-19(6-2)7-8-23-18(22)17-12(4)24-16-10-13(11(3)20)15(21)9-14(16)17/h9-10,21H,5-8H2,1-4H3. The molecule has 1 aromatic heterocycles. The van der Waals surface area contributed by atoms with Crippen molar-refractivity contribution in [2.24, 2.45) is 0 Å². The number of carbonyl (C=O) groups excluding carboxylic acids is 2. The predicted molar refractivity (Wildman–Crippen MR) is 90.7 cm³/mol. The molecular weight excluding hydrogens is 310 g/mol. The molecule has 24 heavy (non-hydrogen) atoms. The summed E-state index contributed by atoms with van der Waals surface area (Å²) in [6.07, 6.45) is 0. The van der Waals surface area contributed by atoms with Crippen LogP contribution in [-0.4, -0.2) is 48.0 Å². The molecule has 0 amide bonds. The number of aromatic hydroxyl groups is 1. The van der Waals surface area contributed by atoms with Crippen LogP contribution in [0.5, 0.6) is 5.75 Å². The number of likely N-dealkylation sites (N-methyl/N-ethyl adjacent to an activating group) is 1. The van der Waals surface area contributed by atoms with Crippen LogP contribution in [0, 0.1) is 6.92 Å². The fourth-order valence-corrected chi connectivity index (χ4v) is 2.67. The number of esters is 1. The third kappa shape index (κ3) is 3.59. The number of ketones is 1. The van der Waals surface area contributed by atoms with Crippen LogP contribution >= 0.6 is 0 Å². The highest BCUT2D eigenvalue weighted by molar-refractivity contribution is 6.07. The van der Waals surface area contributed by atoms with Gasteiger partial charge in [-0.05, 0) is 39.1 Å². The third-order valence-corrected chi connectivity index (χ3v) is 4.10. The van der Waals surface area contributed by atoms with Crippen LogP contribution in [-0.2, 0) is 4.74 Å². The normalized spacial score (nSPS) is 11.2. The third-order valence-electron chi connectivity index (χ3n) is 4.10. The lowest BCUT2D eigenvalue weighted by molar-refractivity contribution is 0.0466. The highest BCUT2D eigenvalue weighted by Crippen LogP contribution is 2.32. The van der Waals surface area contributed by atoms with Crippen LogP contribution in [0.4, 0.5) is 0 Å². The first kappa shape index (κ1) is 18.0. The van der Waals surface area contributed by atoms with Crippen LogP contribution in [0.1, 0.15) is 47.2 Å². The zero-order valence-corrected chi connectivity index (χ0v) is 14.5. The van der Waals surface area contributed by atoms with Gasteiger partial charge >= 0.3 is 5.97 Å². The molecule has 1 N–H and O–H groups in total. The van der Waals surface area contributed by atoms with E-state index < -0.39 is 5.97 Å². The van der Waals surface area contributed by atoms with Gasteiger partial charge in [0, 0.05) is 11.9 Å². The van der Waals surface area contributed by atoms with Gasteiger partial charge in [0.25, 0.3) is 0 Å². The van der Waals surface area contributed by atoms with E-state index in [2.05, 4.69) is 18.7 Å². The summed E-state index contributed by atoms with van der Waals surface area (Å²) in [6.45, 7) is 9.84. The Hall–Kier alpha value is -2.34. The molecule has 0 fully saturated rings. The van der Waals surface area contributed by atoms with Crippen molar-refractivity contribution in [3.05, 3.63) is 29.0 Å². The number of fused-ring (bicyclic) bond motifs is 1. The fraction of sp³-hybridized carbons (Fsp3) is 0.444. The molecular formula is C18H23NO5.